The summed E-state index contributed by atoms with van der Waals surface area (Å²) < 4.78 is 12.9. The number of nitrogens with zero attached hydrogens (tertiary/aromatic N) is 1. The van der Waals surface area contributed by atoms with E-state index < -0.39 is 0 Å². The van der Waals surface area contributed by atoms with Gasteiger partial charge < -0.3 is 10.3 Å². The Hall–Kier alpha value is -1.91. The van der Waals surface area contributed by atoms with E-state index in [1.165, 1.54) is 19.1 Å². The highest BCUT2D eigenvalue weighted by molar-refractivity contribution is 5.75. The predicted octanol–water partition coefficient (Wildman–Crippen LogP) is 1.38. The maximum Gasteiger partial charge on any atom is 0.216 e. The Labute approximate surface area is 91.9 Å². The standard InChI is InChI=1S/C11H12FN3O/c1-7(16)13-5-4-11-14-9-3-2-8(12)6-10(9)15-11/h2-3,6H,4-5H2,1H3,(H,13,16)(H,14,15). The summed E-state index contributed by atoms with van der Waals surface area (Å²) in [5, 5.41) is 2.68. The number of amides is 1. The zero-order chi connectivity index (χ0) is 11.5. The number of hydrogen-bond acceptors (Lipinski definition) is 2. The zero-order valence-corrected chi connectivity index (χ0v) is 8.88. The lowest BCUT2D eigenvalue weighted by atomic mass is 10.3. The lowest BCUT2D eigenvalue weighted by Gasteiger charge is -1.97. The average Bonchev–Trinajstić information content (AvgIpc) is 2.58. The number of imidazole rings is 1. The molecule has 0 aliphatic rings. The van der Waals surface area contributed by atoms with Crippen molar-refractivity contribution in [1.82, 2.24) is 15.3 Å². The van der Waals surface area contributed by atoms with Crippen LogP contribution in [0.25, 0.3) is 11.0 Å². The van der Waals surface area contributed by atoms with Gasteiger partial charge in [-0.05, 0) is 18.2 Å². The number of hydrogen-bond donors (Lipinski definition) is 2. The SMILES string of the molecule is CC(=O)NCCc1nc2ccc(F)cc2[nH]1. The van der Waals surface area contributed by atoms with Crippen LogP contribution in [0.1, 0.15) is 12.7 Å². The van der Waals surface area contributed by atoms with Gasteiger partial charge in [0.2, 0.25) is 5.91 Å². The molecule has 0 saturated carbocycles. The van der Waals surface area contributed by atoms with Gasteiger partial charge >= 0.3 is 0 Å². The number of nitrogens with one attached hydrogen (secondary N) is 2. The molecule has 2 aromatic rings. The zero-order valence-electron chi connectivity index (χ0n) is 8.88. The smallest absolute Gasteiger partial charge is 0.216 e. The number of carbonyl (C=O) groups excluding carboxylic acids is 1. The van der Waals surface area contributed by atoms with E-state index >= 15 is 0 Å². The predicted molar refractivity (Wildman–Crippen MR) is 58.4 cm³/mol. The first-order valence-electron chi connectivity index (χ1n) is 5.04. The van der Waals surface area contributed by atoms with Gasteiger partial charge in [0.15, 0.2) is 0 Å². The maximum atomic E-state index is 12.9. The van der Waals surface area contributed by atoms with Crippen LogP contribution < -0.4 is 5.32 Å². The molecule has 16 heavy (non-hydrogen) atoms. The van der Waals surface area contributed by atoms with Crippen molar-refractivity contribution in [2.24, 2.45) is 0 Å². The fourth-order valence-corrected chi connectivity index (χ4v) is 1.51. The van der Waals surface area contributed by atoms with Crippen molar-refractivity contribution in [3.8, 4) is 0 Å². The molecule has 1 amide bonds. The first kappa shape index (κ1) is 10.6. The van der Waals surface area contributed by atoms with Gasteiger partial charge in [0.1, 0.15) is 11.6 Å². The summed E-state index contributed by atoms with van der Waals surface area (Å²) in [4.78, 5) is 17.9. The minimum absolute atomic E-state index is 0.0674. The lowest BCUT2D eigenvalue weighted by Crippen LogP contribution is -2.22. The van der Waals surface area contributed by atoms with Crippen LogP contribution in [0.15, 0.2) is 18.2 Å². The van der Waals surface area contributed by atoms with Gasteiger partial charge in [-0.3, -0.25) is 4.79 Å². The van der Waals surface area contributed by atoms with Gasteiger partial charge in [-0.2, -0.15) is 0 Å². The molecule has 2 N–H and O–H groups in total. The van der Waals surface area contributed by atoms with Gasteiger partial charge in [0.05, 0.1) is 11.0 Å². The second-order valence-electron chi connectivity index (χ2n) is 3.58. The first-order chi connectivity index (χ1) is 7.65. The first-order valence-corrected chi connectivity index (χ1v) is 5.04. The topological polar surface area (TPSA) is 57.8 Å². The van der Waals surface area contributed by atoms with Crippen molar-refractivity contribution >= 4 is 16.9 Å². The number of rotatable bonds is 3. The van der Waals surface area contributed by atoms with Crippen molar-refractivity contribution in [2.45, 2.75) is 13.3 Å². The number of halogens is 1. The van der Waals surface area contributed by atoms with Crippen LogP contribution >= 0.6 is 0 Å². The van der Waals surface area contributed by atoms with E-state index in [-0.39, 0.29) is 11.7 Å². The van der Waals surface area contributed by atoms with E-state index in [0.717, 1.165) is 11.3 Å². The highest BCUT2D eigenvalue weighted by Crippen LogP contribution is 2.12. The van der Waals surface area contributed by atoms with Crippen LogP contribution in [0, 0.1) is 5.82 Å². The third-order valence-electron chi connectivity index (χ3n) is 2.23. The van der Waals surface area contributed by atoms with Crippen molar-refractivity contribution in [1.29, 1.82) is 0 Å². The number of aromatic amines is 1. The summed E-state index contributed by atoms with van der Waals surface area (Å²) in [6.07, 6.45) is 0.607. The molecular weight excluding hydrogens is 209 g/mol. The Balaban J connectivity index is 2.10. The molecule has 0 bridgehead atoms. The second kappa shape index (κ2) is 4.30. The molecule has 0 saturated heterocycles. The second-order valence-corrected chi connectivity index (χ2v) is 3.58. The molecule has 1 aromatic carbocycles. The molecule has 4 nitrogen and oxygen atoms in total. The van der Waals surface area contributed by atoms with E-state index in [2.05, 4.69) is 15.3 Å². The van der Waals surface area contributed by atoms with Crippen molar-refractivity contribution in [3.63, 3.8) is 0 Å². The molecule has 0 atom stereocenters. The van der Waals surface area contributed by atoms with Gasteiger partial charge in [0, 0.05) is 19.9 Å². The maximum absolute atomic E-state index is 12.9. The summed E-state index contributed by atoms with van der Waals surface area (Å²) in [5.41, 5.74) is 1.41. The minimum atomic E-state index is -0.287. The van der Waals surface area contributed by atoms with Gasteiger partial charge in [-0.1, -0.05) is 0 Å². The van der Waals surface area contributed by atoms with E-state index in [0.29, 0.717) is 18.5 Å². The van der Waals surface area contributed by atoms with E-state index in [1.807, 2.05) is 0 Å². The molecule has 0 spiro atoms. The fraction of sp³-hybridized carbons (Fsp3) is 0.273. The Morgan fingerprint density at radius 2 is 2.38 bits per heavy atom. The summed E-state index contributed by atoms with van der Waals surface area (Å²) in [6.45, 7) is 1.99. The van der Waals surface area contributed by atoms with E-state index in [4.69, 9.17) is 0 Å². The number of fused-ring (bicyclic) bond motifs is 1. The van der Waals surface area contributed by atoms with Crippen LogP contribution in [0.4, 0.5) is 4.39 Å². The Kier molecular flexibility index (Phi) is 2.85. The van der Waals surface area contributed by atoms with Crippen LogP contribution in [0.5, 0.6) is 0 Å². The third kappa shape index (κ3) is 2.36. The minimum Gasteiger partial charge on any atom is -0.356 e. The van der Waals surface area contributed by atoms with Crippen LogP contribution in [0.3, 0.4) is 0 Å². The van der Waals surface area contributed by atoms with Crippen molar-refractivity contribution < 1.29 is 9.18 Å². The highest BCUT2D eigenvalue weighted by atomic mass is 19.1. The van der Waals surface area contributed by atoms with E-state index in [1.54, 1.807) is 6.07 Å². The molecular formula is C11H12FN3O. The number of H-pyrrole nitrogens is 1. The van der Waals surface area contributed by atoms with Crippen molar-refractivity contribution in [2.75, 3.05) is 6.54 Å². The fourth-order valence-electron chi connectivity index (χ4n) is 1.51. The van der Waals surface area contributed by atoms with Crippen LogP contribution in [-0.4, -0.2) is 22.4 Å². The summed E-state index contributed by atoms with van der Waals surface area (Å²) >= 11 is 0. The average molecular weight is 221 g/mol. The van der Waals surface area contributed by atoms with Crippen LogP contribution in [0.2, 0.25) is 0 Å². The van der Waals surface area contributed by atoms with Crippen LogP contribution in [-0.2, 0) is 11.2 Å². The summed E-state index contributed by atoms with van der Waals surface area (Å²) in [5.74, 6) is 0.390. The lowest BCUT2D eigenvalue weighted by molar-refractivity contribution is -0.118. The normalized spacial score (nSPS) is 10.6. The Morgan fingerprint density at radius 1 is 1.56 bits per heavy atom. The molecule has 84 valence electrons. The Bertz CT molecular complexity index is 521. The largest absolute Gasteiger partial charge is 0.356 e. The monoisotopic (exact) mass is 221 g/mol. The summed E-state index contributed by atoms with van der Waals surface area (Å²) in [7, 11) is 0. The number of carbonyl (C=O) groups is 1. The number of aromatic nitrogens is 2. The van der Waals surface area contributed by atoms with Gasteiger partial charge in [-0.25, -0.2) is 9.37 Å². The van der Waals surface area contributed by atoms with E-state index in [9.17, 15) is 9.18 Å². The summed E-state index contributed by atoms with van der Waals surface area (Å²) in [6, 6.07) is 4.41. The quantitative estimate of drug-likeness (QED) is 0.822. The molecule has 1 heterocycles. The molecule has 2 rings (SSSR count). The molecule has 0 fully saturated rings. The van der Waals surface area contributed by atoms with Crippen molar-refractivity contribution in [3.05, 3.63) is 29.8 Å². The molecule has 5 heteroatoms. The Morgan fingerprint density at radius 3 is 3.12 bits per heavy atom. The third-order valence-corrected chi connectivity index (χ3v) is 2.23. The molecule has 1 aromatic heterocycles. The van der Waals surface area contributed by atoms with Gasteiger partial charge in [-0.15, -0.1) is 0 Å². The number of benzene rings is 1. The molecule has 0 aliphatic heterocycles. The van der Waals surface area contributed by atoms with Gasteiger partial charge in [0.25, 0.3) is 0 Å². The molecule has 0 radical (unpaired) electrons. The highest BCUT2D eigenvalue weighted by Gasteiger charge is 2.03. The molecule has 0 aliphatic carbocycles. The molecule has 0 unspecified atom stereocenters.